The predicted octanol–water partition coefficient (Wildman–Crippen LogP) is 5.74. The van der Waals surface area contributed by atoms with Gasteiger partial charge >= 0.3 is 0 Å². The van der Waals surface area contributed by atoms with Gasteiger partial charge in [-0.05, 0) is 69.6 Å². The zero-order valence-corrected chi connectivity index (χ0v) is 15.2. The summed E-state index contributed by atoms with van der Waals surface area (Å²) in [6.45, 7) is 5.51. The van der Waals surface area contributed by atoms with Crippen LogP contribution in [-0.2, 0) is 9.47 Å². The highest BCUT2D eigenvalue weighted by molar-refractivity contribution is 4.94. The number of hydrogen-bond acceptors (Lipinski definition) is 2. The predicted molar refractivity (Wildman–Crippen MR) is 93.2 cm³/mol. The van der Waals surface area contributed by atoms with Gasteiger partial charge in [0, 0.05) is 13.7 Å². The summed E-state index contributed by atoms with van der Waals surface area (Å²) >= 11 is 0. The number of ether oxygens (including phenoxy) is 2. The molecule has 130 valence electrons. The van der Waals surface area contributed by atoms with Gasteiger partial charge in [-0.15, -0.1) is 0 Å². The second-order valence-electron chi connectivity index (χ2n) is 7.70. The van der Waals surface area contributed by atoms with E-state index < -0.39 is 0 Å². The lowest BCUT2D eigenvalue weighted by Crippen LogP contribution is -2.45. The van der Waals surface area contributed by atoms with Crippen LogP contribution in [0.15, 0.2) is 0 Å². The average Bonchev–Trinajstić information content (AvgIpc) is 2.57. The minimum atomic E-state index is 0.193. The lowest BCUT2D eigenvalue weighted by atomic mass is 9.66. The zero-order valence-electron chi connectivity index (χ0n) is 15.2. The summed E-state index contributed by atoms with van der Waals surface area (Å²) in [4.78, 5) is 0. The van der Waals surface area contributed by atoms with E-state index >= 15 is 0 Å². The third kappa shape index (κ3) is 4.71. The van der Waals surface area contributed by atoms with Gasteiger partial charge in [0.1, 0.15) is 0 Å². The van der Waals surface area contributed by atoms with Gasteiger partial charge in [0.05, 0.1) is 11.7 Å². The van der Waals surface area contributed by atoms with Gasteiger partial charge in [-0.3, -0.25) is 0 Å². The van der Waals surface area contributed by atoms with Gasteiger partial charge in [0.15, 0.2) is 0 Å². The van der Waals surface area contributed by atoms with Crippen molar-refractivity contribution in [2.45, 2.75) is 103 Å². The Morgan fingerprint density at radius 2 is 1.59 bits per heavy atom. The molecule has 2 nitrogen and oxygen atoms in total. The summed E-state index contributed by atoms with van der Waals surface area (Å²) in [6.07, 6.45) is 16.2. The lowest BCUT2D eigenvalue weighted by Gasteiger charge is -2.47. The molecule has 2 saturated carbocycles. The highest BCUT2D eigenvalue weighted by Crippen LogP contribution is 2.46. The van der Waals surface area contributed by atoms with Crippen molar-refractivity contribution >= 4 is 0 Å². The highest BCUT2D eigenvalue weighted by atomic mass is 16.5. The van der Waals surface area contributed by atoms with E-state index in [1.165, 1.54) is 77.0 Å². The minimum Gasteiger partial charge on any atom is -0.378 e. The number of methoxy groups -OCH3 is 1. The monoisotopic (exact) mass is 310 g/mol. The molecule has 0 radical (unpaired) electrons. The Morgan fingerprint density at radius 3 is 2.14 bits per heavy atom. The molecule has 2 aliphatic rings. The number of rotatable bonds is 8. The maximum absolute atomic E-state index is 6.14. The molecular formula is C20H38O2. The molecule has 0 spiro atoms. The first-order chi connectivity index (χ1) is 10.7. The number of hydrogen-bond donors (Lipinski definition) is 0. The van der Waals surface area contributed by atoms with Crippen LogP contribution in [0.3, 0.4) is 0 Å². The lowest BCUT2D eigenvalue weighted by molar-refractivity contribution is -0.113. The summed E-state index contributed by atoms with van der Waals surface area (Å²) in [7, 11) is 1.96. The Hall–Kier alpha value is -0.0800. The van der Waals surface area contributed by atoms with E-state index in [-0.39, 0.29) is 5.60 Å². The molecular weight excluding hydrogens is 272 g/mol. The first kappa shape index (κ1) is 18.3. The normalized spacial score (nSPS) is 36.4. The van der Waals surface area contributed by atoms with E-state index in [2.05, 4.69) is 13.8 Å². The van der Waals surface area contributed by atoms with Gasteiger partial charge in [-0.25, -0.2) is 0 Å². The van der Waals surface area contributed by atoms with E-state index in [9.17, 15) is 0 Å². The fourth-order valence-corrected chi connectivity index (χ4v) is 4.79. The Kier molecular flexibility index (Phi) is 7.70. The molecule has 0 aromatic carbocycles. The molecule has 22 heavy (non-hydrogen) atoms. The SMILES string of the molecule is CCCCO[C@H]1CC[C@H]([C@]2(OC)CC[C@H](CCC)CC2)CC1. The molecule has 0 heterocycles. The fraction of sp³-hybridized carbons (Fsp3) is 1.00. The van der Waals surface area contributed by atoms with Crippen molar-refractivity contribution in [3.63, 3.8) is 0 Å². The minimum absolute atomic E-state index is 0.193. The largest absolute Gasteiger partial charge is 0.378 e. The summed E-state index contributed by atoms with van der Waals surface area (Å²) < 4.78 is 12.2. The van der Waals surface area contributed by atoms with Crippen molar-refractivity contribution in [2.24, 2.45) is 11.8 Å². The van der Waals surface area contributed by atoms with Crippen LogP contribution in [0.1, 0.15) is 90.9 Å². The van der Waals surface area contributed by atoms with Crippen molar-refractivity contribution < 1.29 is 9.47 Å². The molecule has 0 saturated heterocycles. The van der Waals surface area contributed by atoms with Crippen LogP contribution in [0.25, 0.3) is 0 Å². The highest BCUT2D eigenvalue weighted by Gasteiger charge is 2.43. The molecule has 0 aromatic heterocycles. The summed E-state index contributed by atoms with van der Waals surface area (Å²) in [6, 6.07) is 0. The topological polar surface area (TPSA) is 18.5 Å². The van der Waals surface area contributed by atoms with E-state index in [1.54, 1.807) is 0 Å². The molecule has 2 heteroatoms. The van der Waals surface area contributed by atoms with E-state index in [0.29, 0.717) is 6.10 Å². The van der Waals surface area contributed by atoms with Gasteiger partial charge in [0.2, 0.25) is 0 Å². The van der Waals surface area contributed by atoms with Crippen LogP contribution >= 0.6 is 0 Å². The molecule has 2 fully saturated rings. The maximum atomic E-state index is 6.14. The van der Waals surface area contributed by atoms with Crippen molar-refractivity contribution in [3.05, 3.63) is 0 Å². The van der Waals surface area contributed by atoms with E-state index in [4.69, 9.17) is 9.47 Å². The number of unbranched alkanes of at least 4 members (excludes halogenated alkanes) is 1. The van der Waals surface area contributed by atoms with E-state index in [1.807, 2.05) is 7.11 Å². The van der Waals surface area contributed by atoms with Crippen molar-refractivity contribution in [1.29, 1.82) is 0 Å². The van der Waals surface area contributed by atoms with Crippen molar-refractivity contribution in [1.82, 2.24) is 0 Å². The molecule has 0 aliphatic heterocycles. The fourth-order valence-electron chi connectivity index (χ4n) is 4.79. The van der Waals surface area contributed by atoms with Crippen LogP contribution in [0, 0.1) is 11.8 Å². The summed E-state index contributed by atoms with van der Waals surface area (Å²) in [5, 5.41) is 0. The quantitative estimate of drug-likeness (QED) is 0.532. The Morgan fingerprint density at radius 1 is 0.909 bits per heavy atom. The van der Waals surface area contributed by atoms with Gasteiger partial charge in [-0.1, -0.05) is 33.1 Å². The van der Waals surface area contributed by atoms with Crippen LogP contribution in [0.4, 0.5) is 0 Å². The van der Waals surface area contributed by atoms with Crippen molar-refractivity contribution in [3.8, 4) is 0 Å². The maximum Gasteiger partial charge on any atom is 0.0707 e. The standard InChI is InChI=1S/C20H38O2/c1-4-6-16-22-19-10-8-18(9-11-19)20(21-3)14-12-17(7-5-2)13-15-20/h17-19H,4-16H2,1-3H3/t17-,18-,19-,20-. The van der Waals surface area contributed by atoms with Gasteiger partial charge < -0.3 is 9.47 Å². The second-order valence-corrected chi connectivity index (χ2v) is 7.70. The summed E-state index contributed by atoms with van der Waals surface area (Å²) in [5.74, 6) is 1.73. The average molecular weight is 311 g/mol. The van der Waals surface area contributed by atoms with Crippen LogP contribution < -0.4 is 0 Å². The molecule has 0 bridgehead atoms. The molecule has 0 atom stereocenters. The van der Waals surface area contributed by atoms with E-state index in [0.717, 1.165) is 18.4 Å². The van der Waals surface area contributed by atoms with Crippen molar-refractivity contribution in [2.75, 3.05) is 13.7 Å². The Balaban J connectivity index is 1.78. The van der Waals surface area contributed by atoms with Gasteiger partial charge in [-0.2, -0.15) is 0 Å². The third-order valence-electron chi connectivity index (χ3n) is 6.32. The molecule has 0 unspecified atom stereocenters. The third-order valence-corrected chi connectivity index (χ3v) is 6.32. The smallest absolute Gasteiger partial charge is 0.0707 e. The Labute approximate surface area is 138 Å². The zero-order chi connectivity index (χ0) is 15.8. The second kappa shape index (κ2) is 9.27. The van der Waals surface area contributed by atoms with Crippen LogP contribution in [0.2, 0.25) is 0 Å². The first-order valence-electron chi connectivity index (χ1n) is 9.90. The van der Waals surface area contributed by atoms with Gasteiger partial charge in [0.25, 0.3) is 0 Å². The molecule has 0 N–H and O–H groups in total. The first-order valence-corrected chi connectivity index (χ1v) is 9.90. The Bertz CT molecular complexity index is 286. The molecule has 0 amide bonds. The molecule has 2 rings (SSSR count). The summed E-state index contributed by atoms with van der Waals surface area (Å²) in [5.41, 5.74) is 0.193. The van der Waals surface area contributed by atoms with Crippen LogP contribution in [-0.4, -0.2) is 25.4 Å². The molecule has 2 aliphatic carbocycles. The molecule has 0 aromatic rings. The van der Waals surface area contributed by atoms with Crippen LogP contribution in [0.5, 0.6) is 0 Å².